The van der Waals surface area contributed by atoms with E-state index >= 15 is 0 Å². The smallest absolute Gasteiger partial charge is 0.260 e. The van der Waals surface area contributed by atoms with Gasteiger partial charge in [-0.2, -0.15) is 0 Å². The molecule has 1 saturated carbocycles. The van der Waals surface area contributed by atoms with E-state index in [2.05, 4.69) is 4.72 Å². The topological polar surface area (TPSA) is 84.9 Å². The fourth-order valence-electron chi connectivity index (χ4n) is 3.10. The molecule has 1 N–H and O–H groups in total. The summed E-state index contributed by atoms with van der Waals surface area (Å²) in [5.74, 6) is 0.379. The second kappa shape index (κ2) is 8.16. The molecule has 0 radical (unpaired) electrons. The number of carbonyl (C=O) groups excluding carboxylic acids is 1. The Labute approximate surface area is 148 Å². The number of hydrogen-bond acceptors (Lipinski definition) is 5. The van der Waals surface area contributed by atoms with Crippen LogP contribution in [0.5, 0.6) is 5.75 Å². The molecule has 138 valence electrons. The Morgan fingerprint density at radius 3 is 2.44 bits per heavy atom. The highest BCUT2D eigenvalue weighted by molar-refractivity contribution is 7.89. The van der Waals surface area contributed by atoms with Crippen LogP contribution in [0.2, 0.25) is 0 Å². The molecule has 0 bridgehead atoms. The van der Waals surface area contributed by atoms with Gasteiger partial charge < -0.3 is 14.4 Å². The molecule has 1 aromatic carbocycles. The lowest BCUT2D eigenvalue weighted by atomic mass is 10.3. The van der Waals surface area contributed by atoms with Crippen LogP contribution in [0.1, 0.15) is 25.7 Å². The third kappa shape index (κ3) is 4.93. The minimum absolute atomic E-state index is 0.0343. The number of benzene rings is 1. The highest BCUT2D eigenvalue weighted by Gasteiger charge is 2.23. The van der Waals surface area contributed by atoms with Gasteiger partial charge in [-0.3, -0.25) is 4.79 Å². The number of nitrogens with one attached hydrogen (secondary N) is 1. The van der Waals surface area contributed by atoms with Crippen LogP contribution in [0.25, 0.3) is 0 Å². The Hall–Kier alpha value is -1.64. The number of ether oxygens (including phenoxy) is 2. The van der Waals surface area contributed by atoms with E-state index in [1.807, 2.05) is 0 Å². The van der Waals surface area contributed by atoms with E-state index < -0.39 is 10.0 Å². The molecule has 0 aromatic heterocycles. The van der Waals surface area contributed by atoms with E-state index in [9.17, 15) is 13.2 Å². The molecule has 0 unspecified atom stereocenters. The Morgan fingerprint density at radius 1 is 1.16 bits per heavy atom. The minimum Gasteiger partial charge on any atom is -0.484 e. The van der Waals surface area contributed by atoms with Crippen molar-refractivity contribution in [1.29, 1.82) is 0 Å². The summed E-state index contributed by atoms with van der Waals surface area (Å²) in [5.41, 5.74) is 0. The Bertz CT molecular complexity index is 677. The first-order valence-electron chi connectivity index (χ1n) is 8.65. The molecule has 1 heterocycles. The molecule has 1 saturated heterocycles. The Balaban J connectivity index is 1.53. The van der Waals surface area contributed by atoms with Gasteiger partial charge in [-0.05, 0) is 37.1 Å². The third-order valence-corrected chi connectivity index (χ3v) is 6.07. The van der Waals surface area contributed by atoms with E-state index in [0.29, 0.717) is 32.1 Å². The van der Waals surface area contributed by atoms with Gasteiger partial charge in [-0.1, -0.05) is 12.8 Å². The van der Waals surface area contributed by atoms with Crippen LogP contribution in [0.15, 0.2) is 29.2 Å². The largest absolute Gasteiger partial charge is 0.484 e. The standard InChI is InChI=1S/C17H24N2O5S/c20-17(19-9-11-23-12-10-19)13-24-15-5-7-16(8-6-15)25(21,22)18-14-3-1-2-4-14/h5-8,14,18H,1-4,9-13H2. The fraction of sp³-hybridized carbons (Fsp3) is 0.588. The van der Waals surface area contributed by atoms with Crippen molar-refractivity contribution in [3.8, 4) is 5.75 Å². The third-order valence-electron chi connectivity index (χ3n) is 4.54. The minimum atomic E-state index is -3.50. The molecule has 0 spiro atoms. The maximum Gasteiger partial charge on any atom is 0.260 e. The Kier molecular flexibility index (Phi) is 5.93. The summed E-state index contributed by atoms with van der Waals surface area (Å²) in [6, 6.07) is 6.20. The Morgan fingerprint density at radius 2 is 1.80 bits per heavy atom. The number of hydrogen-bond donors (Lipinski definition) is 1. The molecule has 2 fully saturated rings. The van der Waals surface area contributed by atoms with Crippen LogP contribution in [0, 0.1) is 0 Å². The van der Waals surface area contributed by atoms with E-state index in [1.54, 1.807) is 17.0 Å². The quantitative estimate of drug-likeness (QED) is 0.814. The van der Waals surface area contributed by atoms with E-state index in [0.717, 1.165) is 25.7 Å². The molecule has 25 heavy (non-hydrogen) atoms. The van der Waals surface area contributed by atoms with Crippen molar-refractivity contribution in [3.05, 3.63) is 24.3 Å². The number of rotatable bonds is 6. The van der Waals surface area contributed by atoms with Crippen molar-refractivity contribution in [2.24, 2.45) is 0 Å². The average molecular weight is 368 g/mol. The van der Waals surface area contributed by atoms with Gasteiger partial charge in [-0.25, -0.2) is 13.1 Å². The molecule has 1 aromatic rings. The molecule has 1 amide bonds. The zero-order valence-electron chi connectivity index (χ0n) is 14.1. The van der Waals surface area contributed by atoms with Gasteiger partial charge in [0.05, 0.1) is 18.1 Å². The first-order valence-corrected chi connectivity index (χ1v) is 10.1. The number of morpholine rings is 1. The highest BCUT2D eigenvalue weighted by atomic mass is 32.2. The highest BCUT2D eigenvalue weighted by Crippen LogP contribution is 2.21. The summed E-state index contributed by atoms with van der Waals surface area (Å²) >= 11 is 0. The van der Waals surface area contributed by atoms with E-state index in [4.69, 9.17) is 9.47 Å². The average Bonchev–Trinajstić information content (AvgIpc) is 3.13. The van der Waals surface area contributed by atoms with Gasteiger partial charge in [0.2, 0.25) is 10.0 Å². The SMILES string of the molecule is O=C(COc1ccc(S(=O)(=O)NC2CCCC2)cc1)N1CCOCC1. The van der Waals surface area contributed by atoms with Crippen LogP contribution in [0.4, 0.5) is 0 Å². The zero-order chi connectivity index (χ0) is 17.7. The van der Waals surface area contributed by atoms with Gasteiger partial charge in [0.1, 0.15) is 5.75 Å². The van der Waals surface area contributed by atoms with Crippen molar-refractivity contribution in [3.63, 3.8) is 0 Å². The molecular weight excluding hydrogens is 344 g/mol. The molecule has 8 heteroatoms. The molecular formula is C17H24N2O5S. The molecule has 1 aliphatic heterocycles. The summed E-state index contributed by atoms with van der Waals surface area (Å²) in [7, 11) is -3.50. The first-order chi connectivity index (χ1) is 12.0. The number of amides is 1. The van der Waals surface area contributed by atoms with Gasteiger partial charge in [0, 0.05) is 19.1 Å². The second-order valence-electron chi connectivity index (χ2n) is 6.36. The maximum absolute atomic E-state index is 12.3. The monoisotopic (exact) mass is 368 g/mol. The molecule has 3 rings (SSSR count). The van der Waals surface area contributed by atoms with Crippen LogP contribution < -0.4 is 9.46 Å². The van der Waals surface area contributed by atoms with Crippen LogP contribution in [-0.2, 0) is 19.6 Å². The van der Waals surface area contributed by atoms with Crippen molar-refractivity contribution in [2.75, 3.05) is 32.9 Å². The van der Waals surface area contributed by atoms with Crippen molar-refractivity contribution < 1.29 is 22.7 Å². The number of nitrogens with zero attached hydrogens (tertiary/aromatic N) is 1. The molecule has 2 aliphatic rings. The normalized spacial score (nSPS) is 19.1. The number of sulfonamides is 1. The van der Waals surface area contributed by atoms with Crippen molar-refractivity contribution in [1.82, 2.24) is 9.62 Å². The van der Waals surface area contributed by atoms with Gasteiger partial charge in [-0.15, -0.1) is 0 Å². The van der Waals surface area contributed by atoms with Crippen molar-refractivity contribution in [2.45, 2.75) is 36.6 Å². The molecule has 7 nitrogen and oxygen atoms in total. The van der Waals surface area contributed by atoms with Crippen LogP contribution >= 0.6 is 0 Å². The molecule has 1 aliphatic carbocycles. The van der Waals surface area contributed by atoms with Crippen molar-refractivity contribution >= 4 is 15.9 Å². The second-order valence-corrected chi connectivity index (χ2v) is 8.07. The predicted molar refractivity (Wildman–Crippen MR) is 91.9 cm³/mol. The van der Waals surface area contributed by atoms with Gasteiger partial charge in [0.25, 0.3) is 5.91 Å². The lowest BCUT2D eigenvalue weighted by molar-refractivity contribution is -0.137. The summed E-state index contributed by atoms with van der Waals surface area (Å²) in [6.45, 7) is 2.18. The lowest BCUT2D eigenvalue weighted by Gasteiger charge is -2.26. The molecule has 0 atom stereocenters. The summed E-state index contributed by atoms with van der Waals surface area (Å²) < 4.78 is 38.1. The van der Waals surface area contributed by atoms with E-state index in [-0.39, 0.29) is 23.5 Å². The first kappa shape index (κ1) is 18.2. The summed E-state index contributed by atoms with van der Waals surface area (Å²) in [6.07, 6.45) is 3.92. The summed E-state index contributed by atoms with van der Waals surface area (Å²) in [5, 5.41) is 0. The maximum atomic E-state index is 12.3. The van der Waals surface area contributed by atoms with Crippen LogP contribution in [0.3, 0.4) is 0 Å². The van der Waals surface area contributed by atoms with Gasteiger partial charge >= 0.3 is 0 Å². The predicted octanol–water partition coefficient (Wildman–Crippen LogP) is 1.15. The van der Waals surface area contributed by atoms with Crippen LogP contribution in [-0.4, -0.2) is 58.2 Å². The van der Waals surface area contributed by atoms with Gasteiger partial charge in [0.15, 0.2) is 6.61 Å². The number of carbonyl (C=O) groups is 1. The zero-order valence-corrected chi connectivity index (χ0v) is 15.0. The van der Waals surface area contributed by atoms with E-state index in [1.165, 1.54) is 12.1 Å². The summed E-state index contributed by atoms with van der Waals surface area (Å²) in [4.78, 5) is 13.9. The lowest BCUT2D eigenvalue weighted by Crippen LogP contribution is -2.42. The fourth-order valence-corrected chi connectivity index (χ4v) is 4.40.